The average molecular weight is 563 g/mol. The van der Waals surface area contributed by atoms with Crippen molar-refractivity contribution in [2.24, 2.45) is 0 Å². The van der Waals surface area contributed by atoms with Gasteiger partial charge in [0.1, 0.15) is 40.9 Å². The quantitative estimate of drug-likeness (QED) is 0.258. The molecule has 0 radical (unpaired) electrons. The lowest BCUT2D eigenvalue weighted by Crippen LogP contribution is -2.25. The van der Waals surface area contributed by atoms with Gasteiger partial charge in [-0.15, -0.1) is 11.3 Å². The van der Waals surface area contributed by atoms with Crippen LogP contribution in [0.1, 0.15) is 17.8 Å². The average Bonchev–Trinajstić information content (AvgIpc) is 3.59. The second kappa shape index (κ2) is 11.1. The first kappa shape index (κ1) is 25.4. The molecule has 39 heavy (non-hydrogen) atoms. The molecule has 198 valence electrons. The second-order valence-corrected chi connectivity index (χ2v) is 10.6. The van der Waals surface area contributed by atoms with Gasteiger partial charge in [-0.2, -0.15) is 0 Å². The van der Waals surface area contributed by atoms with Crippen molar-refractivity contribution in [3.8, 4) is 17.1 Å². The predicted molar refractivity (Wildman–Crippen MR) is 151 cm³/mol. The van der Waals surface area contributed by atoms with E-state index in [0.717, 1.165) is 31.2 Å². The van der Waals surface area contributed by atoms with Crippen molar-refractivity contribution in [1.29, 1.82) is 0 Å². The molecular weight excluding hydrogens is 539 g/mol. The third kappa shape index (κ3) is 5.78. The number of fused-ring (bicyclic) bond motifs is 1. The maximum atomic E-state index is 13.4. The van der Waals surface area contributed by atoms with Crippen LogP contribution in [0, 0.1) is 5.82 Å². The molecular formula is C28H24ClFN6O2S. The second-order valence-electron chi connectivity index (χ2n) is 9.32. The molecule has 0 aliphatic carbocycles. The van der Waals surface area contributed by atoms with E-state index < -0.39 is 5.82 Å². The minimum absolute atomic E-state index is 0.0352. The number of aromatic nitrogens is 4. The molecule has 2 N–H and O–H groups in total. The van der Waals surface area contributed by atoms with Gasteiger partial charge in [-0.25, -0.2) is 14.4 Å². The number of ether oxygens (including phenoxy) is 1. The molecule has 1 unspecified atom stereocenters. The Labute approximate surface area is 232 Å². The minimum atomic E-state index is -0.536. The normalized spacial score (nSPS) is 15.6. The number of hydrogen-bond acceptors (Lipinski definition) is 8. The Bertz CT molecular complexity index is 1680. The molecule has 4 heterocycles. The molecule has 6 rings (SSSR count). The van der Waals surface area contributed by atoms with Gasteiger partial charge in [-0.3, -0.25) is 14.7 Å². The topological polar surface area (TPSA) is 96.0 Å². The number of hydrogen-bond donors (Lipinski definition) is 2. The van der Waals surface area contributed by atoms with Crippen LogP contribution in [0.3, 0.4) is 0 Å². The predicted octanol–water partition coefficient (Wildman–Crippen LogP) is 5.50. The third-order valence-electron chi connectivity index (χ3n) is 6.54. The molecule has 1 saturated heterocycles. The molecule has 2 aromatic carbocycles. The van der Waals surface area contributed by atoms with Crippen LogP contribution in [0.25, 0.3) is 22.3 Å². The standard InChI is InChI=1S/C28H24ClFN6O2S/c29-21-12-19(6-7-22(21)30)38-15-24-34-25-20(27(37)35-24)8-10-31-26(25)23-16-39-28(33-23)32-18-9-11-36(14-18)13-17-4-2-1-3-5-17/h1-8,10,12,16,18H,9,11,13-15H2,(H,32,33)(H,34,35,37). The molecule has 0 amide bonds. The molecule has 0 spiro atoms. The highest BCUT2D eigenvalue weighted by molar-refractivity contribution is 7.14. The van der Waals surface area contributed by atoms with Gasteiger partial charge in [0.2, 0.25) is 0 Å². The lowest BCUT2D eigenvalue weighted by Gasteiger charge is -2.16. The van der Waals surface area contributed by atoms with Crippen molar-refractivity contribution in [3.63, 3.8) is 0 Å². The first-order valence-electron chi connectivity index (χ1n) is 12.5. The summed E-state index contributed by atoms with van der Waals surface area (Å²) >= 11 is 7.33. The number of thiazole rings is 1. The van der Waals surface area contributed by atoms with Gasteiger partial charge in [0, 0.05) is 43.3 Å². The van der Waals surface area contributed by atoms with Gasteiger partial charge in [0.25, 0.3) is 5.56 Å². The number of rotatable bonds is 8. The molecule has 1 atom stereocenters. The Balaban J connectivity index is 1.17. The van der Waals surface area contributed by atoms with E-state index in [9.17, 15) is 9.18 Å². The van der Waals surface area contributed by atoms with E-state index in [1.165, 1.54) is 35.1 Å². The fraction of sp³-hybridized carbons (Fsp3) is 0.214. The van der Waals surface area contributed by atoms with Crippen molar-refractivity contribution in [2.75, 3.05) is 18.4 Å². The first-order valence-corrected chi connectivity index (χ1v) is 13.7. The van der Waals surface area contributed by atoms with Crippen molar-refractivity contribution in [2.45, 2.75) is 25.6 Å². The number of halogens is 2. The van der Waals surface area contributed by atoms with Gasteiger partial charge < -0.3 is 15.0 Å². The zero-order valence-corrected chi connectivity index (χ0v) is 22.3. The summed E-state index contributed by atoms with van der Waals surface area (Å²) < 4.78 is 19.1. The van der Waals surface area contributed by atoms with E-state index >= 15 is 0 Å². The Kier molecular flexibility index (Phi) is 7.23. The Morgan fingerprint density at radius 2 is 2.05 bits per heavy atom. The van der Waals surface area contributed by atoms with E-state index in [2.05, 4.69) is 49.4 Å². The summed E-state index contributed by atoms with van der Waals surface area (Å²) in [5, 5.41) is 6.63. The zero-order chi connectivity index (χ0) is 26.8. The van der Waals surface area contributed by atoms with E-state index in [-0.39, 0.29) is 17.2 Å². The van der Waals surface area contributed by atoms with Crippen LogP contribution in [0.2, 0.25) is 5.02 Å². The molecule has 1 aliphatic rings. The molecule has 11 heteroatoms. The zero-order valence-electron chi connectivity index (χ0n) is 20.7. The molecule has 0 bridgehead atoms. The fourth-order valence-corrected chi connectivity index (χ4v) is 5.59. The maximum Gasteiger partial charge on any atom is 0.258 e. The Morgan fingerprint density at radius 1 is 1.18 bits per heavy atom. The first-order chi connectivity index (χ1) is 19.0. The largest absolute Gasteiger partial charge is 0.486 e. The number of nitrogens with one attached hydrogen (secondary N) is 2. The van der Waals surface area contributed by atoms with Gasteiger partial charge in [-0.05, 0) is 30.2 Å². The van der Waals surface area contributed by atoms with Crippen LogP contribution < -0.4 is 15.6 Å². The molecule has 0 saturated carbocycles. The Hall–Kier alpha value is -3.86. The summed E-state index contributed by atoms with van der Waals surface area (Å²) in [6.45, 7) is 2.86. The van der Waals surface area contributed by atoms with Gasteiger partial charge in [0.05, 0.1) is 10.4 Å². The van der Waals surface area contributed by atoms with Crippen LogP contribution in [0.5, 0.6) is 5.75 Å². The number of H-pyrrole nitrogens is 1. The summed E-state index contributed by atoms with van der Waals surface area (Å²) in [4.78, 5) is 31.9. The number of pyridine rings is 1. The van der Waals surface area contributed by atoms with Crippen molar-refractivity contribution < 1.29 is 9.13 Å². The number of anilines is 1. The van der Waals surface area contributed by atoms with Crippen molar-refractivity contribution in [3.05, 3.63) is 98.8 Å². The van der Waals surface area contributed by atoms with E-state index in [4.69, 9.17) is 21.3 Å². The maximum absolute atomic E-state index is 13.4. The minimum Gasteiger partial charge on any atom is -0.486 e. The molecule has 8 nitrogen and oxygen atoms in total. The van der Waals surface area contributed by atoms with Crippen LogP contribution in [-0.2, 0) is 13.2 Å². The number of nitrogens with zero attached hydrogens (tertiary/aromatic N) is 4. The molecule has 5 aromatic rings. The number of benzene rings is 2. The summed E-state index contributed by atoms with van der Waals surface area (Å²) in [5.41, 5.74) is 2.60. The van der Waals surface area contributed by atoms with Crippen LogP contribution in [-0.4, -0.2) is 44.0 Å². The Morgan fingerprint density at radius 3 is 2.90 bits per heavy atom. The van der Waals surface area contributed by atoms with Gasteiger partial charge in [-0.1, -0.05) is 41.9 Å². The van der Waals surface area contributed by atoms with Crippen LogP contribution in [0.4, 0.5) is 9.52 Å². The van der Waals surface area contributed by atoms with E-state index in [1.807, 2.05) is 11.4 Å². The smallest absolute Gasteiger partial charge is 0.258 e. The summed E-state index contributed by atoms with van der Waals surface area (Å²) in [6.07, 6.45) is 2.62. The van der Waals surface area contributed by atoms with E-state index in [0.29, 0.717) is 39.9 Å². The highest BCUT2D eigenvalue weighted by Gasteiger charge is 2.23. The highest BCUT2D eigenvalue weighted by Crippen LogP contribution is 2.29. The number of aromatic amines is 1. The lowest BCUT2D eigenvalue weighted by atomic mass is 10.2. The molecule has 3 aromatic heterocycles. The van der Waals surface area contributed by atoms with Crippen molar-refractivity contribution in [1.82, 2.24) is 24.8 Å². The van der Waals surface area contributed by atoms with E-state index in [1.54, 1.807) is 12.3 Å². The highest BCUT2D eigenvalue weighted by atomic mass is 35.5. The third-order valence-corrected chi connectivity index (χ3v) is 7.60. The summed E-state index contributed by atoms with van der Waals surface area (Å²) in [6, 6.07) is 16.5. The van der Waals surface area contributed by atoms with Gasteiger partial charge in [0.15, 0.2) is 5.13 Å². The SMILES string of the molecule is O=c1[nH]c(COc2ccc(F)c(Cl)c2)nc2c(-c3csc(NC4CCN(Cc5ccccc5)C4)n3)nccc12. The summed E-state index contributed by atoms with van der Waals surface area (Å²) in [5.74, 6) is 0.131. The fourth-order valence-electron chi connectivity index (χ4n) is 4.64. The van der Waals surface area contributed by atoms with Gasteiger partial charge >= 0.3 is 0 Å². The van der Waals surface area contributed by atoms with Crippen molar-refractivity contribution >= 4 is 39.0 Å². The molecule has 1 fully saturated rings. The lowest BCUT2D eigenvalue weighted by molar-refractivity contribution is 0.295. The molecule has 1 aliphatic heterocycles. The number of likely N-dealkylation sites (tertiary alicyclic amines) is 1. The van der Waals surface area contributed by atoms with Crippen LogP contribution in [0.15, 0.2) is 71.0 Å². The monoisotopic (exact) mass is 562 g/mol. The summed E-state index contributed by atoms with van der Waals surface area (Å²) in [7, 11) is 0. The van der Waals surface area contributed by atoms with Crippen LogP contribution >= 0.6 is 22.9 Å².